The average molecular weight is 282 g/mol. The fraction of sp³-hybridized carbons (Fsp3) is 0.263. The number of allylic oxidation sites excluding steroid dienone is 8. The Balaban J connectivity index is 2.07. The van der Waals surface area contributed by atoms with Crippen molar-refractivity contribution in [2.75, 3.05) is 6.66 Å². The Bertz CT molecular complexity index is 577. The monoisotopic (exact) mass is 282 g/mol. The van der Waals surface area contributed by atoms with Gasteiger partial charge in [-0.25, -0.2) is 0 Å². The van der Waals surface area contributed by atoms with Crippen molar-refractivity contribution in [3.8, 4) is 0 Å². The Morgan fingerprint density at radius 1 is 1.00 bits per heavy atom. The molecule has 0 N–H and O–H groups in total. The van der Waals surface area contributed by atoms with Crippen molar-refractivity contribution in [2.24, 2.45) is 0 Å². The minimum absolute atomic E-state index is 0.670. The molecule has 104 valence electrons. The molecule has 1 atom stereocenters. The minimum atomic E-state index is -1.69. The molecule has 0 fully saturated rings. The summed E-state index contributed by atoms with van der Waals surface area (Å²) in [6.07, 6.45) is 20.0. The Labute approximate surface area is 122 Å². The van der Waals surface area contributed by atoms with Crippen molar-refractivity contribution in [1.82, 2.24) is 0 Å². The maximum absolute atomic E-state index is 2.54. The van der Waals surface area contributed by atoms with Gasteiger partial charge in [-0.3, -0.25) is 0 Å². The van der Waals surface area contributed by atoms with Gasteiger partial charge in [-0.2, -0.15) is 0 Å². The summed E-state index contributed by atoms with van der Waals surface area (Å²) in [6, 6.07) is 11.2. The van der Waals surface area contributed by atoms with Gasteiger partial charge in [0.05, 0.1) is 0 Å². The molecule has 0 radical (unpaired) electrons. The van der Waals surface area contributed by atoms with Gasteiger partial charge in [-0.15, -0.1) is 0 Å². The molecule has 1 aromatic carbocycles. The molecule has 1 heteroatoms. The van der Waals surface area contributed by atoms with E-state index in [4.69, 9.17) is 0 Å². The quantitative estimate of drug-likeness (QED) is 0.698. The van der Waals surface area contributed by atoms with E-state index in [9.17, 15) is 0 Å². The van der Waals surface area contributed by atoms with Gasteiger partial charge in [-0.05, 0) is 0 Å². The van der Waals surface area contributed by atoms with Crippen molar-refractivity contribution < 1.29 is 0 Å². The van der Waals surface area contributed by atoms with Gasteiger partial charge in [0.1, 0.15) is 0 Å². The van der Waals surface area contributed by atoms with Crippen LogP contribution in [0, 0.1) is 0 Å². The van der Waals surface area contributed by atoms with Crippen molar-refractivity contribution in [3.63, 3.8) is 0 Å². The number of hydrogen-bond donors (Lipinski definition) is 0. The first-order valence-corrected chi connectivity index (χ1v) is 10.2. The van der Waals surface area contributed by atoms with E-state index in [1.54, 1.807) is 10.6 Å². The zero-order valence-electron chi connectivity index (χ0n) is 12.1. The molecular weight excluding hydrogens is 259 g/mol. The second-order valence-corrected chi connectivity index (χ2v) is 10.2. The van der Waals surface area contributed by atoms with Crippen LogP contribution in [-0.4, -0.2) is 12.3 Å². The van der Waals surface area contributed by atoms with Crippen LogP contribution in [0.5, 0.6) is 0 Å². The van der Waals surface area contributed by atoms with Gasteiger partial charge >= 0.3 is 122 Å². The summed E-state index contributed by atoms with van der Waals surface area (Å²) in [7, 11) is -1.69. The molecule has 2 aliphatic rings. The van der Waals surface area contributed by atoms with Crippen LogP contribution in [0.1, 0.15) is 19.3 Å². The van der Waals surface area contributed by atoms with Crippen molar-refractivity contribution in [1.29, 1.82) is 0 Å². The molecule has 20 heavy (non-hydrogen) atoms. The van der Waals surface area contributed by atoms with E-state index in [1.807, 2.05) is 0 Å². The Morgan fingerprint density at radius 2 is 1.85 bits per heavy atom. The molecule has 0 bridgehead atoms. The van der Waals surface area contributed by atoms with Gasteiger partial charge in [-0.1, -0.05) is 0 Å². The number of hydrogen-bond acceptors (Lipinski definition) is 0. The zero-order chi connectivity index (χ0) is 13.8. The fourth-order valence-electron chi connectivity index (χ4n) is 3.39. The number of benzene rings is 1. The molecule has 0 amide bonds. The van der Waals surface area contributed by atoms with Gasteiger partial charge in [0.2, 0.25) is 0 Å². The van der Waals surface area contributed by atoms with Gasteiger partial charge in [0, 0.05) is 0 Å². The molecule has 0 spiro atoms. The Kier molecular flexibility index (Phi) is 4.03. The molecule has 3 rings (SSSR count). The molecule has 1 unspecified atom stereocenters. The van der Waals surface area contributed by atoms with Crippen LogP contribution in [0.15, 0.2) is 78.2 Å². The van der Waals surface area contributed by atoms with Crippen LogP contribution in [0.4, 0.5) is 0 Å². The molecule has 1 aromatic rings. The molecule has 0 saturated carbocycles. The predicted octanol–water partition coefficient (Wildman–Crippen LogP) is 4.81. The van der Waals surface area contributed by atoms with E-state index >= 15 is 0 Å². The SMILES string of the molecule is C[PH](C1=CCCC=C1)(c1ccccc1)C1C=CC=CC1. The van der Waals surface area contributed by atoms with E-state index in [0.717, 1.165) is 0 Å². The van der Waals surface area contributed by atoms with Gasteiger partial charge in [0.25, 0.3) is 0 Å². The summed E-state index contributed by atoms with van der Waals surface area (Å²) in [5.74, 6) is 0. The molecule has 0 nitrogen and oxygen atoms in total. The van der Waals surface area contributed by atoms with E-state index in [1.165, 1.54) is 19.3 Å². The van der Waals surface area contributed by atoms with E-state index < -0.39 is 7.26 Å². The fourth-order valence-corrected chi connectivity index (χ4v) is 7.60. The van der Waals surface area contributed by atoms with E-state index in [-0.39, 0.29) is 0 Å². The first kappa shape index (κ1) is 13.6. The Hall–Kier alpha value is -1.39. The third-order valence-electron chi connectivity index (χ3n) is 4.69. The third kappa shape index (κ3) is 2.45. The van der Waals surface area contributed by atoms with Crippen LogP contribution in [0.3, 0.4) is 0 Å². The molecule has 0 saturated heterocycles. The second kappa shape index (κ2) is 5.94. The van der Waals surface area contributed by atoms with E-state index in [0.29, 0.717) is 5.66 Å². The topological polar surface area (TPSA) is 0 Å². The standard InChI is InChI=1S/C19H23P/c1-20(17-11-5-2-6-12-17,18-13-7-3-8-14-18)19-15-9-4-10-16-19/h2-3,5-9,11-13,15-16,18,20H,4,10,14H2,1H3. The van der Waals surface area contributed by atoms with Crippen LogP contribution in [0.2, 0.25) is 0 Å². The third-order valence-corrected chi connectivity index (χ3v) is 9.70. The maximum atomic E-state index is 2.54. The summed E-state index contributed by atoms with van der Waals surface area (Å²) in [5.41, 5.74) is 0.670. The number of rotatable bonds is 3. The zero-order valence-corrected chi connectivity index (χ0v) is 13.1. The van der Waals surface area contributed by atoms with Crippen LogP contribution >= 0.6 is 7.26 Å². The summed E-state index contributed by atoms with van der Waals surface area (Å²) in [6.45, 7) is 2.54. The first-order chi connectivity index (χ1) is 9.82. The normalized spacial score (nSPS) is 22.6. The van der Waals surface area contributed by atoms with Crippen molar-refractivity contribution >= 4 is 12.6 Å². The van der Waals surface area contributed by atoms with Crippen molar-refractivity contribution in [2.45, 2.75) is 24.9 Å². The van der Waals surface area contributed by atoms with Gasteiger partial charge < -0.3 is 0 Å². The predicted molar refractivity (Wildman–Crippen MR) is 93.5 cm³/mol. The molecule has 2 aliphatic carbocycles. The van der Waals surface area contributed by atoms with Crippen LogP contribution < -0.4 is 5.30 Å². The van der Waals surface area contributed by atoms with E-state index in [2.05, 4.69) is 79.5 Å². The average Bonchev–Trinajstić information content (AvgIpc) is 2.56. The summed E-state index contributed by atoms with van der Waals surface area (Å²) in [5, 5.41) is 3.17. The first-order valence-electron chi connectivity index (χ1n) is 7.58. The molecular formula is C19H23P. The molecule has 0 heterocycles. The van der Waals surface area contributed by atoms with Crippen LogP contribution in [-0.2, 0) is 0 Å². The second-order valence-electron chi connectivity index (χ2n) is 5.86. The van der Waals surface area contributed by atoms with Gasteiger partial charge in [0.15, 0.2) is 0 Å². The Morgan fingerprint density at radius 3 is 2.50 bits per heavy atom. The molecule has 0 aromatic heterocycles. The summed E-state index contributed by atoms with van der Waals surface area (Å²) in [4.78, 5) is 0. The summed E-state index contributed by atoms with van der Waals surface area (Å²) >= 11 is 0. The van der Waals surface area contributed by atoms with Crippen LogP contribution in [0.25, 0.3) is 0 Å². The van der Waals surface area contributed by atoms with Crippen molar-refractivity contribution in [3.05, 3.63) is 78.2 Å². The molecule has 0 aliphatic heterocycles. The summed E-state index contributed by atoms with van der Waals surface area (Å²) < 4.78 is 0.